The van der Waals surface area contributed by atoms with Crippen molar-refractivity contribution in [3.63, 3.8) is 0 Å². The summed E-state index contributed by atoms with van der Waals surface area (Å²) in [5.41, 5.74) is 0. The lowest BCUT2D eigenvalue weighted by Crippen LogP contribution is -2.41. The second-order valence-corrected chi connectivity index (χ2v) is 5.25. The number of nitrogens with zero attached hydrogens (tertiary/aromatic N) is 2. The van der Waals surface area contributed by atoms with Gasteiger partial charge in [0.2, 0.25) is 0 Å². The van der Waals surface area contributed by atoms with Gasteiger partial charge in [0, 0.05) is 27.2 Å². The van der Waals surface area contributed by atoms with Crippen molar-refractivity contribution in [2.45, 2.75) is 13.3 Å². The summed E-state index contributed by atoms with van der Waals surface area (Å²) in [7, 11) is 0.752. The summed E-state index contributed by atoms with van der Waals surface area (Å²) in [4.78, 5) is 10.9. The first kappa shape index (κ1) is 14.3. The molecule has 15 heavy (non-hydrogen) atoms. The van der Waals surface area contributed by atoms with E-state index in [0.717, 1.165) is 4.31 Å². The molecule has 0 aromatic carbocycles. The van der Waals surface area contributed by atoms with E-state index in [0.29, 0.717) is 6.54 Å². The third-order valence-corrected chi connectivity index (χ3v) is 3.95. The maximum absolute atomic E-state index is 11.7. The quantitative estimate of drug-likeness (QED) is 0.595. The minimum atomic E-state index is -3.43. The predicted molar refractivity (Wildman–Crippen MR) is 56.5 cm³/mol. The van der Waals surface area contributed by atoms with Gasteiger partial charge in [-0.15, -0.1) is 0 Å². The van der Waals surface area contributed by atoms with Crippen LogP contribution in [0.3, 0.4) is 0 Å². The van der Waals surface area contributed by atoms with Crippen LogP contribution in [0.5, 0.6) is 0 Å². The molecule has 0 rings (SSSR count). The smallest absolute Gasteiger partial charge is 0.306 e. The molecule has 0 aromatic heterocycles. The normalized spacial score (nSPS) is 12.1. The van der Waals surface area contributed by atoms with E-state index in [-0.39, 0.29) is 13.0 Å². The summed E-state index contributed by atoms with van der Waals surface area (Å²) in [5.74, 6) is -0.414. The number of esters is 1. The lowest BCUT2D eigenvalue weighted by Gasteiger charge is -2.23. The van der Waals surface area contributed by atoms with Gasteiger partial charge in [-0.2, -0.15) is 17.0 Å². The zero-order chi connectivity index (χ0) is 12.1. The van der Waals surface area contributed by atoms with Gasteiger partial charge in [-0.25, -0.2) is 0 Å². The van der Waals surface area contributed by atoms with Gasteiger partial charge >= 0.3 is 5.97 Å². The molecule has 0 spiro atoms. The van der Waals surface area contributed by atoms with Gasteiger partial charge in [0.05, 0.1) is 13.5 Å². The molecular formula is C8H18N2O4S. The van der Waals surface area contributed by atoms with Crippen LogP contribution in [-0.2, 0) is 19.7 Å². The molecule has 0 atom stereocenters. The fourth-order valence-electron chi connectivity index (χ4n) is 0.986. The van der Waals surface area contributed by atoms with Gasteiger partial charge in [0.15, 0.2) is 0 Å². The van der Waals surface area contributed by atoms with Crippen molar-refractivity contribution in [2.75, 3.05) is 34.3 Å². The van der Waals surface area contributed by atoms with Gasteiger partial charge in [-0.05, 0) is 0 Å². The zero-order valence-corrected chi connectivity index (χ0v) is 10.4. The van der Waals surface area contributed by atoms with E-state index < -0.39 is 16.2 Å². The van der Waals surface area contributed by atoms with E-state index in [2.05, 4.69) is 4.74 Å². The van der Waals surface area contributed by atoms with Crippen molar-refractivity contribution in [2.24, 2.45) is 0 Å². The Kier molecular flexibility index (Phi) is 5.77. The van der Waals surface area contributed by atoms with Gasteiger partial charge in [0.25, 0.3) is 10.2 Å². The largest absolute Gasteiger partial charge is 0.469 e. The van der Waals surface area contributed by atoms with Crippen molar-refractivity contribution >= 4 is 16.2 Å². The molecule has 0 saturated carbocycles. The molecule has 0 radical (unpaired) electrons. The standard InChI is InChI=1S/C8H18N2O4S/c1-5-10(7-6-8(11)14-4)15(12,13)9(2)3/h5-7H2,1-4H3. The molecule has 6 nitrogen and oxygen atoms in total. The molecule has 0 N–H and O–H groups in total. The SMILES string of the molecule is CCN(CCC(=O)OC)S(=O)(=O)N(C)C. The monoisotopic (exact) mass is 238 g/mol. The molecule has 90 valence electrons. The number of ether oxygens (including phenoxy) is 1. The van der Waals surface area contributed by atoms with E-state index >= 15 is 0 Å². The molecule has 0 aromatic rings. The Labute approximate surface area is 91.0 Å². The minimum Gasteiger partial charge on any atom is -0.469 e. The lowest BCUT2D eigenvalue weighted by molar-refractivity contribution is -0.140. The molecule has 0 fully saturated rings. The highest BCUT2D eigenvalue weighted by Crippen LogP contribution is 2.05. The zero-order valence-electron chi connectivity index (χ0n) is 9.56. The summed E-state index contributed by atoms with van der Waals surface area (Å²) in [6.45, 7) is 2.19. The molecule has 0 saturated heterocycles. The van der Waals surface area contributed by atoms with Crippen LogP contribution in [0.4, 0.5) is 0 Å². The Morgan fingerprint density at radius 1 is 1.33 bits per heavy atom. The molecule has 0 unspecified atom stereocenters. The summed E-state index contributed by atoms with van der Waals surface area (Å²) in [6, 6.07) is 0. The van der Waals surface area contributed by atoms with Gasteiger partial charge in [-0.3, -0.25) is 4.79 Å². The maximum Gasteiger partial charge on any atom is 0.306 e. The number of rotatable bonds is 6. The van der Waals surface area contributed by atoms with Crippen molar-refractivity contribution in [3.8, 4) is 0 Å². The Hall–Kier alpha value is -0.660. The number of hydrogen-bond donors (Lipinski definition) is 0. The first-order valence-electron chi connectivity index (χ1n) is 4.60. The predicted octanol–water partition coefficient (Wildman–Crippen LogP) is -0.322. The molecule has 0 aliphatic heterocycles. The van der Waals surface area contributed by atoms with Crippen LogP contribution in [0.2, 0.25) is 0 Å². The lowest BCUT2D eigenvalue weighted by atomic mass is 10.4. The van der Waals surface area contributed by atoms with Gasteiger partial charge < -0.3 is 4.74 Å². The molecule has 0 bridgehead atoms. The highest BCUT2D eigenvalue weighted by molar-refractivity contribution is 7.86. The van der Waals surface area contributed by atoms with Gasteiger partial charge in [0.1, 0.15) is 0 Å². The molecular weight excluding hydrogens is 220 g/mol. The summed E-state index contributed by atoms with van der Waals surface area (Å²) >= 11 is 0. The van der Waals surface area contributed by atoms with E-state index in [1.807, 2.05) is 0 Å². The number of carbonyl (C=O) groups excluding carboxylic acids is 1. The van der Waals surface area contributed by atoms with E-state index in [1.54, 1.807) is 6.92 Å². The number of hydrogen-bond acceptors (Lipinski definition) is 4. The average molecular weight is 238 g/mol. The van der Waals surface area contributed by atoms with Crippen molar-refractivity contribution in [1.29, 1.82) is 0 Å². The Morgan fingerprint density at radius 2 is 1.87 bits per heavy atom. The Bertz CT molecular complexity index is 300. The van der Waals surface area contributed by atoms with Crippen LogP contribution < -0.4 is 0 Å². The Morgan fingerprint density at radius 3 is 2.20 bits per heavy atom. The second kappa shape index (κ2) is 6.04. The van der Waals surface area contributed by atoms with Crippen LogP contribution in [0.15, 0.2) is 0 Å². The minimum absolute atomic E-state index is 0.0669. The fraction of sp³-hybridized carbons (Fsp3) is 0.875. The third kappa shape index (κ3) is 4.15. The first-order chi connectivity index (χ1) is 6.86. The van der Waals surface area contributed by atoms with Crippen LogP contribution in [0, 0.1) is 0 Å². The number of methoxy groups -OCH3 is 1. The van der Waals surface area contributed by atoms with Crippen LogP contribution in [-0.4, -0.2) is 57.3 Å². The topological polar surface area (TPSA) is 66.9 Å². The molecule has 0 heterocycles. The highest BCUT2D eigenvalue weighted by atomic mass is 32.2. The van der Waals surface area contributed by atoms with E-state index in [1.165, 1.54) is 25.5 Å². The molecule has 7 heteroatoms. The summed E-state index contributed by atoms with van der Waals surface area (Å²) in [5, 5.41) is 0. The average Bonchev–Trinajstić information content (AvgIpc) is 2.17. The van der Waals surface area contributed by atoms with Gasteiger partial charge in [-0.1, -0.05) is 6.92 Å². The highest BCUT2D eigenvalue weighted by Gasteiger charge is 2.23. The summed E-state index contributed by atoms with van der Waals surface area (Å²) in [6.07, 6.45) is 0.0669. The van der Waals surface area contributed by atoms with Crippen molar-refractivity contribution in [1.82, 2.24) is 8.61 Å². The second-order valence-electron chi connectivity index (χ2n) is 3.11. The van der Waals surface area contributed by atoms with Crippen LogP contribution in [0.25, 0.3) is 0 Å². The molecule has 0 aliphatic rings. The Balaban J connectivity index is 4.45. The van der Waals surface area contributed by atoms with E-state index in [9.17, 15) is 13.2 Å². The number of carbonyl (C=O) groups is 1. The molecule has 0 amide bonds. The maximum atomic E-state index is 11.7. The fourth-order valence-corrected chi connectivity index (χ4v) is 2.10. The van der Waals surface area contributed by atoms with Crippen molar-refractivity contribution in [3.05, 3.63) is 0 Å². The third-order valence-electron chi connectivity index (χ3n) is 1.93. The first-order valence-corrected chi connectivity index (χ1v) is 6.00. The summed E-state index contributed by atoms with van der Waals surface area (Å²) < 4.78 is 30.1. The van der Waals surface area contributed by atoms with Crippen LogP contribution >= 0.6 is 0 Å². The van der Waals surface area contributed by atoms with Crippen molar-refractivity contribution < 1.29 is 17.9 Å². The van der Waals surface area contributed by atoms with Crippen LogP contribution in [0.1, 0.15) is 13.3 Å². The molecule has 0 aliphatic carbocycles. The van der Waals surface area contributed by atoms with E-state index in [4.69, 9.17) is 0 Å².